The number of thiazole rings is 1. The number of nitrogens with zero attached hydrogens (tertiary/aromatic N) is 2. The molecule has 92 valence electrons. The van der Waals surface area contributed by atoms with Gasteiger partial charge in [-0.1, -0.05) is 5.16 Å². The van der Waals surface area contributed by atoms with Gasteiger partial charge in [-0.25, -0.2) is 4.98 Å². The number of carboxylic acids is 1. The van der Waals surface area contributed by atoms with Crippen molar-refractivity contribution >= 4 is 34.4 Å². The molecule has 0 bridgehead atoms. The number of nitrogens with two attached hydrogens (primary N) is 1. The largest absolute Gasteiger partial charge is 0.481 e. The van der Waals surface area contributed by atoms with E-state index in [1.807, 2.05) is 0 Å². The number of rotatable bonds is 7. The molecule has 0 atom stereocenters. The molecule has 1 aromatic rings. The van der Waals surface area contributed by atoms with Crippen molar-refractivity contribution in [3.63, 3.8) is 0 Å². The van der Waals surface area contributed by atoms with Gasteiger partial charge in [0.1, 0.15) is 12.3 Å². The van der Waals surface area contributed by atoms with Crippen LogP contribution < -0.4 is 5.73 Å². The molecule has 1 aromatic heterocycles. The van der Waals surface area contributed by atoms with Gasteiger partial charge in [-0.05, 0) is 6.42 Å². The standard InChI is InChI=1S/C9H11N3O4S/c10-9-11-7(5-17-9)6(4-13)12-16-3-1-2-8(14)15/h4-5H,1-3H2,(H2,10,11)(H,14,15)/b12-6+. The molecule has 1 rings (SSSR count). The van der Waals surface area contributed by atoms with Crippen molar-refractivity contribution in [2.75, 3.05) is 12.3 Å². The van der Waals surface area contributed by atoms with E-state index in [0.717, 1.165) is 0 Å². The fraction of sp³-hybridized carbons (Fsp3) is 0.333. The molecule has 0 aliphatic rings. The van der Waals surface area contributed by atoms with E-state index in [1.54, 1.807) is 5.38 Å². The second kappa shape index (κ2) is 6.59. The van der Waals surface area contributed by atoms with Crippen LogP contribution in [0.2, 0.25) is 0 Å². The summed E-state index contributed by atoms with van der Waals surface area (Å²) in [4.78, 5) is 29.6. The summed E-state index contributed by atoms with van der Waals surface area (Å²) in [6, 6.07) is 0. The average molecular weight is 257 g/mol. The van der Waals surface area contributed by atoms with Gasteiger partial charge in [0.2, 0.25) is 0 Å². The topological polar surface area (TPSA) is 115 Å². The number of oxime groups is 1. The third-order valence-electron chi connectivity index (χ3n) is 1.69. The van der Waals surface area contributed by atoms with Gasteiger partial charge in [0.05, 0.1) is 0 Å². The summed E-state index contributed by atoms with van der Waals surface area (Å²) in [6.45, 7) is 0.128. The van der Waals surface area contributed by atoms with Crippen LogP contribution in [0.4, 0.5) is 5.13 Å². The molecular weight excluding hydrogens is 246 g/mol. The molecule has 0 aliphatic carbocycles. The van der Waals surface area contributed by atoms with E-state index in [2.05, 4.69) is 10.1 Å². The van der Waals surface area contributed by atoms with Crippen molar-refractivity contribution in [3.8, 4) is 0 Å². The Bertz CT molecular complexity index is 430. The molecule has 3 N–H and O–H groups in total. The maximum atomic E-state index is 10.7. The zero-order chi connectivity index (χ0) is 12.7. The van der Waals surface area contributed by atoms with Crippen molar-refractivity contribution in [1.29, 1.82) is 0 Å². The van der Waals surface area contributed by atoms with Crippen molar-refractivity contribution in [3.05, 3.63) is 11.1 Å². The summed E-state index contributed by atoms with van der Waals surface area (Å²) in [5, 5.41) is 13.9. The first-order chi connectivity index (χ1) is 8.13. The third-order valence-corrected chi connectivity index (χ3v) is 2.36. The highest BCUT2D eigenvalue weighted by Crippen LogP contribution is 2.11. The lowest BCUT2D eigenvalue weighted by Gasteiger charge is -1.98. The summed E-state index contributed by atoms with van der Waals surface area (Å²) >= 11 is 1.19. The van der Waals surface area contributed by atoms with Gasteiger partial charge in [-0.3, -0.25) is 9.59 Å². The molecule has 0 saturated heterocycles. The number of aliphatic carboxylic acids is 1. The Morgan fingerprint density at radius 1 is 1.71 bits per heavy atom. The average Bonchev–Trinajstić information content (AvgIpc) is 2.70. The second-order valence-electron chi connectivity index (χ2n) is 3.00. The molecule has 0 unspecified atom stereocenters. The summed E-state index contributed by atoms with van der Waals surface area (Å²) in [5.41, 5.74) is 5.79. The first-order valence-corrected chi connectivity index (χ1v) is 5.59. The first-order valence-electron chi connectivity index (χ1n) is 4.71. The van der Waals surface area contributed by atoms with Crippen LogP contribution in [0, 0.1) is 0 Å². The van der Waals surface area contributed by atoms with E-state index in [1.165, 1.54) is 11.3 Å². The highest BCUT2D eigenvalue weighted by Gasteiger charge is 2.07. The second-order valence-corrected chi connectivity index (χ2v) is 3.89. The lowest BCUT2D eigenvalue weighted by Crippen LogP contribution is -2.05. The number of nitrogen functional groups attached to an aromatic ring is 1. The van der Waals surface area contributed by atoms with Crippen molar-refractivity contribution < 1.29 is 19.5 Å². The van der Waals surface area contributed by atoms with Gasteiger partial charge in [-0.15, -0.1) is 11.3 Å². The quantitative estimate of drug-likeness (QED) is 0.318. The van der Waals surface area contributed by atoms with Gasteiger partial charge in [0.15, 0.2) is 17.1 Å². The Morgan fingerprint density at radius 3 is 3.00 bits per heavy atom. The lowest BCUT2D eigenvalue weighted by atomic mass is 10.3. The molecular formula is C9H11N3O4S. The van der Waals surface area contributed by atoms with Gasteiger partial charge >= 0.3 is 5.97 Å². The number of aldehydes is 1. The summed E-state index contributed by atoms with van der Waals surface area (Å²) in [5.74, 6) is -0.902. The first kappa shape index (κ1) is 13.1. The number of hydrogen-bond acceptors (Lipinski definition) is 7. The lowest BCUT2D eigenvalue weighted by molar-refractivity contribution is -0.137. The van der Waals surface area contributed by atoms with Crippen LogP contribution in [-0.2, 0) is 14.4 Å². The maximum Gasteiger partial charge on any atom is 0.303 e. The molecule has 0 aromatic carbocycles. The van der Waals surface area contributed by atoms with Crippen LogP contribution in [0.15, 0.2) is 10.5 Å². The predicted octanol–water partition coefficient (Wildman–Crippen LogP) is 0.510. The highest BCUT2D eigenvalue weighted by atomic mass is 32.1. The van der Waals surface area contributed by atoms with Crippen LogP contribution >= 0.6 is 11.3 Å². The Balaban J connectivity index is 2.45. The van der Waals surface area contributed by atoms with Crippen LogP contribution in [0.1, 0.15) is 18.5 Å². The van der Waals surface area contributed by atoms with Gasteiger partial charge in [0.25, 0.3) is 0 Å². The number of hydrogen-bond donors (Lipinski definition) is 2. The maximum absolute atomic E-state index is 10.7. The highest BCUT2D eigenvalue weighted by molar-refractivity contribution is 7.13. The number of anilines is 1. The van der Waals surface area contributed by atoms with E-state index in [0.29, 0.717) is 23.5 Å². The van der Waals surface area contributed by atoms with Gasteiger partial charge in [-0.2, -0.15) is 0 Å². The number of aromatic nitrogens is 1. The zero-order valence-electron chi connectivity index (χ0n) is 8.83. The minimum Gasteiger partial charge on any atom is -0.481 e. The monoisotopic (exact) mass is 257 g/mol. The van der Waals surface area contributed by atoms with Crippen molar-refractivity contribution in [2.45, 2.75) is 12.8 Å². The molecule has 7 nitrogen and oxygen atoms in total. The summed E-state index contributed by atoms with van der Waals surface area (Å²) in [6.07, 6.45) is 0.825. The Kier molecular flexibility index (Phi) is 5.08. The predicted molar refractivity (Wildman–Crippen MR) is 61.9 cm³/mol. The van der Waals surface area contributed by atoms with E-state index in [-0.39, 0.29) is 18.7 Å². The molecule has 1 heterocycles. The fourth-order valence-corrected chi connectivity index (χ4v) is 1.49. The Labute approximate surface area is 101 Å². The van der Waals surface area contributed by atoms with E-state index in [4.69, 9.17) is 15.7 Å². The van der Waals surface area contributed by atoms with Gasteiger partial charge in [0, 0.05) is 11.8 Å². The number of carbonyl (C=O) groups excluding carboxylic acids is 1. The van der Waals surface area contributed by atoms with E-state index < -0.39 is 5.97 Å². The van der Waals surface area contributed by atoms with E-state index >= 15 is 0 Å². The number of carboxylic acid groups (broad SMARTS) is 1. The van der Waals surface area contributed by atoms with Gasteiger partial charge < -0.3 is 15.7 Å². The molecule has 0 spiro atoms. The molecule has 0 radical (unpaired) electrons. The summed E-state index contributed by atoms with van der Waals surface area (Å²) < 4.78 is 0. The van der Waals surface area contributed by atoms with E-state index in [9.17, 15) is 9.59 Å². The van der Waals surface area contributed by atoms with Crippen LogP contribution in [0.25, 0.3) is 0 Å². The molecule has 0 amide bonds. The van der Waals surface area contributed by atoms with Crippen molar-refractivity contribution in [2.24, 2.45) is 5.16 Å². The van der Waals surface area contributed by atoms with Crippen LogP contribution in [0.3, 0.4) is 0 Å². The molecule has 17 heavy (non-hydrogen) atoms. The van der Waals surface area contributed by atoms with Crippen LogP contribution in [0.5, 0.6) is 0 Å². The Hall–Kier alpha value is -1.96. The molecule has 0 saturated carbocycles. The summed E-state index contributed by atoms with van der Waals surface area (Å²) in [7, 11) is 0. The fourth-order valence-electron chi connectivity index (χ4n) is 0.937. The third kappa shape index (κ3) is 4.60. The van der Waals surface area contributed by atoms with Crippen molar-refractivity contribution in [1.82, 2.24) is 4.98 Å². The smallest absolute Gasteiger partial charge is 0.303 e. The molecule has 0 aliphatic heterocycles. The Morgan fingerprint density at radius 2 is 2.47 bits per heavy atom. The zero-order valence-corrected chi connectivity index (χ0v) is 9.64. The molecule has 8 heteroatoms. The molecule has 0 fully saturated rings. The normalized spacial score (nSPS) is 11.2. The minimum atomic E-state index is -0.902. The SMILES string of the molecule is Nc1nc(/C(C=O)=N/OCCCC(=O)O)cs1. The number of carbonyl (C=O) groups is 2. The minimum absolute atomic E-state index is 0.00437. The van der Waals surface area contributed by atoms with Crippen LogP contribution in [-0.4, -0.2) is 34.7 Å².